The summed E-state index contributed by atoms with van der Waals surface area (Å²) in [4.78, 5) is 0. The van der Waals surface area contributed by atoms with Gasteiger partial charge in [-0.1, -0.05) is 55.8 Å². The molecule has 3 aromatic rings. The van der Waals surface area contributed by atoms with Gasteiger partial charge in [0.1, 0.15) is 12.4 Å². The molecule has 1 aromatic heterocycles. The Morgan fingerprint density at radius 1 is 1.27 bits per heavy atom. The Labute approximate surface area is 162 Å². The molecule has 2 aromatic carbocycles. The van der Waals surface area contributed by atoms with Crippen LogP contribution in [0.1, 0.15) is 36.7 Å². The van der Waals surface area contributed by atoms with Gasteiger partial charge in [-0.15, -0.1) is 0 Å². The molecule has 7 heteroatoms. The second kappa shape index (κ2) is 8.29. The highest BCUT2D eigenvalue weighted by Gasteiger charge is 2.09. The Bertz CT molecular complexity index is 963. The maximum absolute atomic E-state index is 6.34. The highest BCUT2D eigenvalue weighted by molar-refractivity contribution is 7.71. The maximum Gasteiger partial charge on any atom is 0.216 e. The molecule has 1 N–H and O–H groups in total. The van der Waals surface area contributed by atoms with E-state index in [-0.39, 0.29) is 5.92 Å². The van der Waals surface area contributed by atoms with Crippen molar-refractivity contribution in [2.45, 2.75) is 26.4 Å². The minimum atomic E-state index is 0.206. The molecule has 0 amide bonds. The third-order valence-electron chi connectivity index (χ3n) is 3.71. The van der Waals surface area contributed by atoms with Crippen molar-refractivity contribution in [1.82, 2.24) is 14.9 Å². The van der Waals surface area contributed by atoms with Gasteiger partial charge in [-0.3, -0.25) is 5.10 Å². The summed E-state index contributed by atoms with van der Waals surface area (Å²) in [5.41, 5.74) is 1.93. The molecular weight excluding hydrogens is 368 g/mol. The number of aromatic amines is 1. The summed E-state index contributed by atoms with van der Waals surface area (Å²) < 4.78 is 7.86. The van der Waals surface area contributed by atoms with E-state index < -0.39 is 0 Å². The number of rotatable bonds is 6. The molecule has 0 saturated heterocycles. The summed E-state index contributed by atoms with van der Waals surface area (Å²) in [5.74, 6) is 1.62. The van der Waals surface area contributed by atoms with Crippen LogP contribution in [0.5, 0.6) is 5.75 Å². The van der Waals surface area contributed by atoms with E-state index in [1.807, 2.05) is 62.4 Å². The second-order valence-electron chi connectivity index (χ2n) is 6.06. The first-order chi connectivity index (χ1) is 12.5. The molecule has 3 rings (SSSR count). The largest absolute Gasteiger partial charge is 0.487 e. The van der Waals surface area contributed by atoms with Gasteiger partial charge in [0.15, 0.2) is 5.82 Å². The number of nitrogens with zero attached hydrogens (tertiary/aromatic N) is 3. The molecule has 0 aliphatic heterocycles. The third kappa shape index (κ3) is 4.39. The Morgan fingerprint density at radius 3 is 2.73 bits per heavy atom. The molecule has 0 aliphatic rings. The van der Waals surface area contributed by atoms with Crippen molar-refractivity contribution in [3.63, 3.8) is 0 Å². The molecule has 0 spiro atoms. The van der Waals surface area contributed by atoms with Crippen LogP contribution in [0.15, 0.2) is 53.6 Å². The molecule has 0 bridgehead atoms. The zero-order valence-corrected chi connectivity index (χ0v) is 16.1. The molecule has 134 valence electrons. The average Bonchev–Trinajstić information content (AvgIpc) is 3.01. The number of nitrogens with one attached hydrogen (secondary N) is 1. The van der Waals surface area contributed by atoms with Gasteiger partial charge in [-0.05, 0) is 41.5 Å². The maximum atomic E-state index is 6.34. The van der Waals surface area contributed by atoms with Crippen LogP contribution in [-0.2, 0) is 6.61 Å². The van der Waals surface area contributed by atoms with Gasteiger partial charge in [-0.25, -0.2) is 0 Å². The Hall–Kier alpha value is -2.44. The highest BCUT2D eigenvalue weighted by atomic mass is 35.5. The van der Waals surface area contributed by atoms with Gasteiger partial charge < -0.3 is 4.74 Å². The number of benzene rings is 2. The average molecular weight is 387 g/mol. The lowest BCUT2D eigenvalue weighted by Crippen LogP contribution is -2.01. The minimum Gasteiger partial charge on any atom is -0.487 e. The monoisotopic (exact) mass is 386 g/mol. The van der Waals surface area contributed by atoms with Gasteiger partial charge >= 0.3 is 0 Å². The van der Waals surface area contributed by atoms with E-state index in [2.05, 4.69) is 15.3 Å². The summed E-state index contributed by atoms with van der Waals surface area (Å²) in [6, 6.07) is 15.5. The quantitative estimate of drug-likeness (QED) is 0.469. The molecule has 0 aliphatic carbocycles. The Kier molecular flexibility index (Phi) is 5.85. The molecular formula is C19H19ClN4OS. The molecule has 1 heterocycles. The number of hydrogen-bond donors (Lipinski definition) is 1. The fourth-order valence-electron chi connectivity index (χ4n) is 2.36. The Balaban J connectivity index is 1.74. The van der Waals surface area contributed by atoms with Crippen LogP contribution in [-0.4, -0.2) is 21.1 Å². The smallest absolute Gasteiger partial charge is 0.216 e. The standard InChI is InChI=1S/C19H19ClN4OS/c1-13(2)18-22-23-19(26)24(18)21-11-15-8-9-17(16(20)10-15)25-12-14-6-4-3-5-7-14/h3-11,13H,12H2,1-2H3,(H,23,26)/b21-11-. The summed E-state index contributed by atoms with van der Waals surface area (Å²) in [7, 11) is 0. The predicted octanol–water partition coefficient (Wildman–Crippen LogP) is 5.18. The molecule has 0 fully saturated rings. The number of aromatic nitrogens is 3. The first kappa shape index (κ1) is 18.4. The van der Waals surface area contributed by atoms with Gasteiger partial charge in [0.2, 0.25) is 4.77 Å². The summed E-state index contributed by atoms with van der Waals surface area (Å²) in [6.07, 6.45) is 1.70. The van der Waals surface area contributed by atoms with Crippen molar-refractivity contribution >= 4 is 30.0 Å². The van der Waals surface area contributed by atoms with E-state index in [0.29, 0.717) is 22.2 Å². The number of halogens is 1. The van der Waals surface area contributed by atoms with E-state index in [9.17, 15) is 0 Å². The van der Waals surface area contributed by atoms with E-state index >= 15 is 0 Å². The molecule has 26 heavy (non-hydrogen) atoms. The minimum absolute atomic E-state index is 0.206. The van der Waals surface area contributed by atoms with Crippen LogP contribution in [0.4, 0.5) is 0 Å². The lowest BCUT2D eigenvalue weighted by atomic mass is 10.2. The molecule has 0 unspecified atom stereocenters. The van der Waals surface area contributed by atoms with Crippen molar-refractivity contribution < 1.29 is 4.74 Å². The number of H-pyrrole nitrogens is 1. The van der Waals surface area contributed by atoms with Crippen molar-refractivity contribution in [1.29, 1.82) is 0 Å². The zero-order chi connectivity index (χ0) is 18.5. The first-order valence-electron chi connectivity index (χ1n) is 8.22. The van der Waals surface area contributed by atoms with Crippen LogP contribution in [0.25, 0.3) is 0 Å². The fraction of sp³-hybridized carbons (Fsp3) is 0.211. The van der Waals surface area contributed by atoms with Crippen LogP contribution in [0.2, 0.25) is 5.02 Å². The van der Waals surface area contributed by atoms with Crippen molar-refractivity contribution in [2.24, 2.45) is 5.10 Å². The molecule has 0 radical (unpaired) electrons. The highest BCUT2D eigenvalue weighted by Crippen LogP contribution is 2.26. The molecule has 5 nitrogen and oxygen atoms in total. The van der Waals surface area contributed by atoms with Gasteiger partial charge in [-0.2, -0.15) is 14.9 Å². The lowest BCUT2D eigenvalue weighted by molar-refractivity contribution is 0.306. The molecule has 0 saturated carbocycles. The Morgan fingerprint density at radius 2 is 2.04 bits per heavy atom. The van der Waals surface area contributed by atoms with Crippen LogP contribution in [0.3, 0.4) is 0 Å². The SMILES string of the molecule is CC(C)c1n[nH]c(=S)n1/N=C\c1ccc(OCc2ccccc2)c(Cl)c1. The van der Waals surface area contributed by atoms with Crippen LogP contribution >= 0.6 is 23.8 Å². The summed E-state index contributed by atoms with van der Waals surface area (Å²) >= 11 is 11.6. The van der Waals surface area contributed by atoms with Gasteiger partial charge in [0.05, 0.1) is 11.2 Å². The van der Waals surface area contributed by atoms with Crippen LogP contribution in [0, 0.1) is 4.77 Å². The summed E-state index contributed by atoms with van der Waals surface area (Å²) in [6.45, 7) is 4.54. The zero-order valence-electron chi connectivity index (χ0n) is 14.5. The van der Waals surface area contributed by atoms with E-state index in [4.69, 9.17) is 28.6 Å². The van der Waals surface area contributed by atoms with Crippen LogP contribution < -0.4 is 4.74 Å². The van der Waals surface area contributed by atoms with E-state index in [0.717, 1.165) is 17.0 Å². The van der Waals surface area contributed by atoms with Gasteiger partial charge in [0.25, 0.3) is 0 Å². The number of ether oxygens (including phenoxy) is 1. The van der Waals surface area contributed by atoms with Gasteiger partial charge in [0, 0.05) is 5.92 Å². The second-order valence-corrected chi connectivity index (χ2v) is 6.86. The fourth-order valence-corrected chi connectivity index (χ4v) is 2.79. The van der Waals surface area contributed by atoms with E-state index in [1.165, 1.54) is 0 Å². The van der Waals surface area contributed by atoms with E-state index in [1.54, 1.807) is 10.9 Å². The predicted molar refractivity (Wildman–Crippen MR) is 107 cm³/mol. The number of hydrogen-bond acceptors (Lipinski definition) is 4. The topological polar surface area (TPSA) is 55.2 Å². The van der Waals surface area contributed by atoms with Crippen molar-refractivity contribution in [2.75, 3.05) is 0 Å². The summed E-state index contributed by atoms with van der Waals surface area (Å²) in [5, 5.41) is 11.9. The van der Waals surface area contributed by atoms with Crippen molar-refractivity contribution in [3.8, 4) is 5.75 Å². The normalized spacial score (nSPS) is 11.4. The first-order valence-corrected chi connectivity index (χ1v) is 9.01. The molecule has 0 atom stereocenters. The third-order valence-corrected chi connectivity index (χ3v) is 4.27. The van der Waals surface area contributed by atoms with Crippen molar-refractivity contribution in [3.05, 3.63) is 75.3 Å². The lowest BCUT2D eigenvalue weighted by Gasteiger charge is -2.08.